The Morgan fingerprint density at radius 3 is 3.08 bits per heavy atom. The van der Waals surface area contributed by atoms with Crippen molar-refractivity contribution in [3.63, 3.8) is 0 Å². The molecule has 0 aliphatic carbocycles. The highest BCUT2D eigenvalue weighted by Gasteiger charge is 2.11. The van der Waals surface area contributed by atoms with Gasteiger partial charge in [-0.2, -0.15) is 0 Å². The molecule has 0 amide bonds. The van der Waals surface area contributed by atoms with Crippen molar-refractivity contribution in [1.82, 2.24) is 9.97 Å². The van der Waals surface area contributed by atoms with Crippen LogP contribution >= 0.6 is 0 Å². The molecule has 2 aromatic heterocycles. The summed E-state index contributed by atoms with van der Waals surface area (Å²) in [5, 5.41) is 9.50. The Balaban J connectivity index is 2.84. The summed E-state index contributed by atoms with van der Waals surface area (Å²) in [4.78, 5) is 17.7. The first kappa shape index (κ1) is 7.79. The van der Waals surface area contributed by atoms with E-state index in [0.29, 0.717) is 11.1 Å². The van der Waals surface area contributed by atoms with Crippen LogP contribution in [-0.4, -0.2) is 21.0 Å². The Hall–Kier alpha value is -1.84. The third-order valence-electron chi connectivity index (χ3n) is 1.88. The molecule has 0 unspecified atom stereocenters. The quantitative estimate of drug-likeness (QED) is 0.693. The molecular weight excluding hydrogens is 168 g/mol. The van der Waals surface area contributed by atoms with Gasteiger partial charge in [0, 0.05) is 22.8 Å². The predicted molar refractivity (Wildman–Crippen MR) is 47.8 cm³/mol. The predicted octanol–water partition coefficient (Wildman–Crippen LogP) is 1.57. The molecule has 0 spiro atoms. The third-order valence-corrected chi connectivity index (χ3v) is 1.88. The van der Waals surface area contributed by atoms with E-state index in [1.54, 1.807) is 19.2 Å². The molecule has 66 valence electrons. The average Bonchev–Trinajstić information content (AvgIpc) is 2.49. The van der Waals surface area contributed by atoms with Crippen LogP contribution in [0.1, 0.15) is 16.2 Å². The first-order chi connectivity index (χ1) is 6.18. The number of nitrogens with zero attached hydrogens (tertiary/aromatic N) is 1. The van der Waals surface area contributed by atoms with Crippen molar-refractivity contribution in [3.05, 3.63) is 29.7 Å². The number of carboxylic acids is 1. The molecule has 2 aromatic rings. The van der Waals surface area contributed by atoms with Crippen LogP contribution < -0.4 is 0 Å². The van der Waals surface area contributed by atoms with Crippen LogP contribution in [0, 0.1) is 6.92 Å². The van der Waals surface area contributed by atoms with Gasteiger partial charge in [0.15, 0.2) is 5.69 Å². The largest absolute Gasteiger partial charge is 0.476 e. The summed E-state index contributed by atoms with van der Waals surface area (Å²) in [5.74, 6) is -0.992. The summed E-state index contributed by atoms with van der Waals surface area (Å²) in [5.41, 5.74) is 1.62. The molecule has 0 aliphatic rings. The summed E-state index contributed by atoms with van der Waals surface area (Å²) in [6.07, 6.45) is 1.71. The molecule has 0 aliphatic heterocycles. The van der Waals surface area contributed by atoms with E-state index in [-0.39, 0.29) is 5.69 Å². The zero-order valence-electron chi connectivity index (χ0n) is 7.03. The van der Waals surface area contributed by atoms with Crippen molar-refractivity contribution in [3.8, 4) is 0 Å². The van der Waals surface area contributed by atoms with Gasteiger partial charge < -0.3 is 10.1 Å². The highest BCUT2D eigenvalue weighted by molar-refractivity contribution is 6.00. The van der Waals surface area contributed by atoms with Crippen LogP contribution in [0.5, 0.6) is 0 Å². The zero-order valence-corrected chi connectivity index (χ0v) is 7.03. The second-order valence-corrected chi connectivity index (χ2v) is 2.86. The topological polar surface area (TPSA) is 66.0 Å². The van der Waals surface area contributed by atoms with E-state index in [1.165, 1.54) is 0 Å². The number of fused-ring (bicyclic) bond motifs is 1. The number of aromatic carboxylic acids is 1. The standard InChI is InChI=1S/C9H8N2O2/c1-5-4-7-6(2-3-10-7)8(11-5)9(12)13/h2-4,10H,1H3,(H,12,13). The van der Waals surface area contributed by atoms with Gasteiger partial charge in [-0.15, -0.1) is 0 Å². The Bertz CT molecular complexity index is 473. The van der Waals surface area contributed by atoms with E-state index in [4.69, 9.17) is 5.11 Å². The number of carbonyl (C=O) groups is 1. The molecule has 0 radical (unpaired) electrons. The molecule has 0 aromatic carbocycles. The van der Waals surface area contributed by atoms with E-state index in [9.17, 15) is 4.79 Å². The van der Waals surface area contributed by atoms with E-state index in [0.717, 1.165) is 5.52 Å². The second-order valence-electron chi connectivity index (χ2n) is 2.86. The lowest BCUT2D eigenvalue weighted by atomic mass is 10.2. The van der Waals surface area contributed by atoms with Gasteiger partial charge in [0.05, 0.1) is 0 Å². The minimum Gasteiger partial charge on any atom is -0.476 e. The maximum absolute atomic E-state index is 10.8. The number of hydrogen-bond acceptors (Lipinski definition) is 2. The first-order valence-electron chi connectivity index (χ1n) is 3.86. The Morgan fingerprint density at radius 2 is 2.38 bits per heavy atom. The van der Waals surface area contributed by atoms with Gasteiger partial charge in [0.25, 0.3) is 0 Å². The zero-order chi connectivity index (χ0) is 9.42. The number of H-pyrrole nitrogens is 1. The maximum Gasteiger partial charge on any atom is 0.355 e. The normalized spacial score (nSPS) is 10.5. The van der Waals surface area contributed by atoms with Crippen molar-refractivity contribution in [2.24, 2.45) is 0 Å². The van der Waals surface area contributed by atoms with E-state index in [2.05, 4.69) is 9.97 Å². The Kier molecular flexibility index (Phi) is 1.55. The van der Waals surface area contributed by atoms with Gasteiger partial charge >= 0.3 is 5.97 Å². The van der Waals surface area contributed by atoms with Crippen LogP contribution in [0.15, 0.2) is 18.3 Å². The number of aromatic amines is 1. The van der Waals surface area contributed by atoms with Gasteiger partial charge in [-0.05, 0) is 19.1 Å². The summed E-state index contributed by atoms with van der Waals surface area (Å²) in [6.45, 7) is 1.77. The average molecular weight is 176 g/mol. The molecule has 0 bridgehead atoms. The van der Waals surface area contributed by atoms with Crippen LogP contribution in [0.25, 0.3) is 10.9 Å². The molecular formula is C9H8N2O2. The highest BCUT2D eigenvalue weighted by atomic mass is 16.4. The number of nitrogens with one attached hydrogen (secondary N) is 1. The number of pyridine rings is 1. The fourth-order valence-electron chi connectivity index (χ4n) is 1.35. The Morgan fingerprint density at radius 1 is 1.62 bits per heavy atom. The number of hydrogen-bond donors (Lipinski definition) is 2. The van der Waals surface area contributed by atoms with Gasteiger partial charge in [0.1, 0.15) is 0 Å². The monoisotopic (exact) mass is 176 g/mol. The summed E-state index contributed by atoms with van der Waals surface area (Å²) in [7, 11) is 0. The lowest BCUT2D eigenvalue weighted by Gasteiger charge is -1.98. The fourth-order valence-corrected chi connectivity index (χ4v) is 1.35. The second kappa shape index (κ2) is 2.58. The molecule has 2 rings (SSSR count). The molecule has 0 saturated heterocycles. The SMILES string of the molecule is Cc1cc2[nH]ccc2c(C(=O)O)n1. The lowest BCUT2D eigenvalue weighted by molar-refractivity contribution is 0.0692. The smallest absolute Gasteiger partial charge is 0.355 e. The van der Waals surface area contributed by atoms with E-state index < -0.39 is 5.97 Å². The molecule has 0 fully saturated rings. The molecule has 4 heteroatoms. The molecule has 2 N–H and O–H groups in total. The van der Waals surface area contributed by atoms with E-state index >= 15 is 0 Å². The van der Waals surface area contributed by atoms with Crippen LogP contribution in [0.4, 0.5) is 0 Å². The van der Waals surface area contributed by atoms with Gasteiger partial charge in [0.2, 0.25) is 0 Å². The minimum atomic E-state index is -0.992. The van der Waals surface area contributed by atoms with Gasteiger partial charge in [-0.3, -0.25) is 0 Å². The molecule has 13 heavy (non-hydrogen) atoms. The summed E-state index contributed by atoms with van der Waals surface area (Å²) < 4.78 is 0. The van der Waals surface area contributed by atoms with Crippen LogP contribution in [0.2, 0.25) is 0 Å². The number of aromatic nitrogens is 2. The van der Waals surface area contributed by atoms with Crippen molar-refractivity contribution >= 4 is 16.9 Å². The highest BCUT2D eigenvalue weighted by Crippen LogP contribution is 2.16. The summed E-state index contributed by atoms with van der Waals surface area (Å²) >= 11 is 0. The Labute approximate surface area is 74.2 Å². The van der Waals surface area contributed by atoms with Gasteiger partial charge in [-0.25, -0.2) is 9.78 Å². The lowest BCUT2D eigenvalue weighted by Crippen LogP contribution is -2.01. The van der Waals surface area contributed by atoms with E-state index in [1.807, 2.05) is 6.07 Å². The van der Waals surface area contributed by atoms with Crippen LogP contribution in [0.3, 0.4) is 0 Å². The maximum atomic E-state index is 10.8. The minimum absolute atomic E-state index is 0.108. The number of carboxylic acid groups (broad SMARTS) is 1. The van der Waals surface area contributed by atoms with Crippen LogP contribution in [-0.2, 0) is 0 Å². The third kappa shape index (κ3) is 1.16. The van der Waals surface area contributed by atoms with Crippen molar-refractivity contribution in [1.29, 1.82) is 0 Å². The van der Waals surface area contributed by atoms with Crippen molar-refractivity contribution < 1.29 is 9.90 Å². The van der Waals surface area contributed by atoms with Crippen molar-refractivity contribution in [2.75, 3.05) is 0 Å². The first-order valence-corrected chi connectivity index (χ1v) is 3.86. The molecule has 4 nitrogen and oxygen atoms in total. The number of rotatable bonds is 1. The molecule has 0 atom stereocenters. The molecule has 2 heterocycles. The number of aryl methyl sites for hydroxylation is 1. The molecule has 0 saturated carbocycles. The van der Waals surface area contributed by atoms with Crippen molar-refractivity contribution in [2.45, 2.75) is 6.92 Å². The van der Waals surface area contributed by atoms with Gasteiger partial charge in [-0.1, -0.05) is 0 Å². The summed E-state index contributed by atoms with van der Waals surface area (Å²) in [6, 6.07) is 3.53. The fraction of sp³-hybridized carbons (Fsp3) is 0.111.